The molecule has 98 valence electrons. The fourth-order valence-corrected chi connectivity index (χ4v) is 1.66. The van der Waals surface area contributed by atoms with E-state index in [4.69, 9.17) is 9.84 Å². The lowest BCUT2D eigenvalue weighted by Gasteiger charge is -2.05. The largest absolute Gasteiger partial charge is 0.478 e. The normalized spacial score (nSPS) is 11.5. The number of rotatable bonds is 8. The van der Waals surface area contributed by atoms with Gasteiger partial charge in [0.05, 0.1) is 6.61 Å². The van der Waals surface area contributed by atoms with Crippen LogP contribution in [0.15, 0.2) is 42.0 Å². The molecule has 0 radical (unpaired) electrons. The van der Waals surface area contributed by atoms with Crippen molar-refractivity contribution in [2.75, 3.05) is 6.61 Å². The van der Waals surface area contributed by atoms with Gasteiger partial charge in [-0.05, 0) is 31.7 Å². The van der Waals surface area contributed by atoms with Crippen LogP contribution < -0.4 is 0 Å². The van der Waals surface area contributed by atoms with E-state index in [1.807, 2.05) is 30.3 Å². The minimum atomic E-state index is -0.817. The van der Waals surface area contributed by atoms with E-state index >= 15 is 0 Å². The molecule has 1 aromatic carbocycles. The molecular weight excluding hydrogens is 228 g/mol. The molecule has 0 atom stereocenters. The Balaban J connectivity index is 2.08. The van der Waals surface area contributed by atoms with E-state index in [0.717, 1.165) is 18.4 Å². The SMILES string of the molecule is C/C=C(\CCCCOCc1ccccc1)C(=O)O. The number of allylic oxidation sites excluding steroid dienone is 1. The number of carboxylic acid groups (broad SMARTS) is 1. The van der Waals surface area contributed by atoms with Crippen LogP contribution in [0.5, 0.6) is 0 Å². The van der Waals surface area contributed by atoms with E-state index in [1.54, 1.807) is 13.0 Å². The number of hydrogen-bond donors (Lipinski definition) is 1. The zero-order valence-corrected chi connectivity index (χ0v) is 10.8. The molecule has 0 unspecified atom stereocenters. The molecule has 3 nitrogen and oxygen atoms in total. The molecule has 0 saturated heterocycles. The highest BCUT2D eigenvalue weighted by Gasteiger charge is 2.04. The summed E-state index contributed by atoms with van der Waals surface area (Å²) in [4.78, 5) is 10.7. The molecule has 0 spiro atoms. The molecule has 0 aromatic heterocycles. The predicted octanol–water partition coefficient (Wildman–Crippen LogP) is 3.40. The second kappa shape index (κ2) is 8.48. The molecule has 0 fully saturated rings. The maximum atomic E-state index is 10.7. The molecule has 0 aliphatic heterocycles. The van der Waals surface area contributed by atoms with Gasteiger partial charge < -0.3 is 9.84 Å². The summed E-state index contributed by atoms with van der Waals surface area (Å²) in [5.74, 6) is -0.817. The van der Waals surface area contributed by atoms with Crippen LogP contribution in [-0.4, -0.2) is 17.7 Å². The summed E-state index contributed by atoms with van der Waals surface area (Å²) in [7, 11) is 0. The van der Waals surface area contributed by atoms with E-state index in [0.29, 0.717) is 25.2 Å². The van der Waals surface area contributed by atoms with Crippen LogP contribution in [0.2, 0.25) is 0 Å². The summed E-state index contributed by atoms with van der Waals surface area (Å²) in [6.07, 6.45) is 4.01. The van der Waals surface area contributed by atoms with Gasteiger partial charge in [-0.2, -0.15) is 0 Å². The Kier molecular flexibility index (Phi) is 6.81. The molecule has 0 bridgehead atoms. The molecule has 0 amide bonds. The van der Waals surface area contributed by atoms with Crippen molar-refractivity contribution in [3.05, 3.63) is 47.5 Å². The lowest BCUT2D eigenvalue weighted by molar-refractivity contribution is -0.132. The zero-order valence-electron chi connectivity index (χ0n) is 10.8. The Hall–Kier alpha value is -1.61. The van der Waals surface area contributed by atoms with Crippen molar-refractivity contribution in [1.29, 1.82) is 0 Å². The molecule has 0 aliphatic carbocycles. The molecule has 1 rings (SSSR count). The first-order chi connectivity index (χ1) is 8.74. The Morgan fingerprint density at radius 3 is 2.61 bits per heavy atom. The van der Waals surface area contributed by atoms with Gasteiger partial charge in [0.1, 0.15) is 0 Å². The van der Waals surface area contributed by atoms with E-state index in [1.165, 1.54) is 0 Å². The highest BCUT2D eigenvalue weighted by molar-refractivity contribution is 5.86. The van der Waals surface area contributed by atoms with Crippen LogP contribution in [0.4, 0.5) is 0 Å². The molecule has 0 aliphatic rings. The minimum Gasteiger partial charge on any atom is -0.478 e. The number of carbonyl (C=O) groups is 1. The summed E-state index contributed by atoms with van der Waals surface area (Å²) in [6.45, 7) is 3.05. The van der Waals surface area contributed by atoms with E-state index in [9.17, 15) is 4.79 Å². The van der Waals surface area contributed by atoms with Crippen molar-refractivity contribution < 1.29 is 14.6 Å². The number of ether oxygens (including phenoxy) is 1. The van der Waals surface area contributed by atoms with Gasteiger partial charge in [0.15, 0.2) is 0 Å². The van der Waals surface area contributed by atoms with Crippen LogP contribution >= 0.6 is 0 Å². The van der Waals surface area contributed by atoms with E-state index in [2.05, 4.69) is 0 Å². The van der Waals surface area contributed by atoms with E-state index in [-0.39, 0.29) is 0 Å². The fraction of sp³-hybridized carbons (Fsp3) is 0.400. The van der Waals surface area contributed by atoms with Crippen molar-refractivity contribution in [1.82, 2.24) is 0 Å². The predicted molar refractivity (Wildman–Crippen MR) is 71.3 cm³/mol. The monoisotopic (exact) mass is 248 g/mol. The van der Waals surface area contributed by atoms with E-state index < -0.39 is 5.97 Å². The van der Waals surface area contributed by atoms with Crippen LogP contribution in [-0.2, 0) is 16.1 Å². The van der Waals surface area contributed by atoms with Crippen molar-refractivity contribution in [2.24, 2.45) is 0 Å². The van der Waals surface area contributed by atoms with Gasteiger partial charge in [-0.1, -0.05) is 36.4 Å². The van der Waals surface area contributed by atoms with Crippen molar-refractivity contribution in [3.8, 4) is 0 Å². The standard InChI is InChI=1S/C15H20O3/c1-2-14(15(16)17)10-6-7-11-18-12-13-8-4-3-5-9-13/h2-5,8-9H,6-7,10-12H2,1H3,(H,16,17)/b14-2+. The van der Waals surface area contributed by atoms with Gasteiger partial charge in [-0.15, -0.1) is 0 Å². The molecule has 0 heterocycles. The topological polar surface area (TPSA) is 46.5 Å². The van der Waals surface area contributed by atoms with Gasteiger partial charge in [0, 0.05) is 12.2 Å². The van der Waals surface area contributed by atoms with Crippen LogP contribution in [0, 0.1) is 0 Å². The molecule has 3 heteroatoms. The molecule has 1 aromatic rings. The summed E-state index contributed by atoms with van der Waals surface area (Å²) >= 11 is 0. The lowest BCUT2D eigenvalue weighted by Crippen LogP contribution is -2.01. The zero-order chi connectivity index (χ0) is 13.2. The van der Waals surface area contributed by atoms with Gasteiger partial charge in [0.2, 0.25) is 0 Å². The quantitative estimate of drug-likeness (QED) is 0.566. The van der Waals surface area contributed by atoms with Crippen molar-refractivity contribution in [3.63, 3.8) is 0 Å². The first-order valence-corrected chi connectivity index (χ1v) is 6.24. The lowest BCUT2D eigenvalue weighted by atomic mass is 10.1. The average molecular weight is 248 g/mol. The maximum Gasteiger partial charge on any atom is 0.331 e. The van der Waals surface area contributed by atoms with Crippen molar-refractivity contribution >= 4 is 5.97 Å². The van der Waals surface area contributed by atoms with Crippen LogP contribution in [0.1, 0.15) is 31.7 Å². The van der Waals surface area contributed by atoms with Gasteiger partial charge >= 0.3 is 5.97 Å². The summed E-state index contributed by atoms with van der Waals surface area (Å²) in [5, 5.41) is 8.83. The summed E-state index contributed by atoms with van der Waals surface area (Å²) < 4.78 is 5.53. The van der Waals surface area contributed by atoms with Crippen molar-refractivity contribution in [2.45, 2.75) is 32.8 Å². The fourth-order valence-electron chi connectivity index (χ4n) is 1.66. The number of benzene rings is 1. The van der Waals surface area contributed by atoms with Gasteiger partial charge in [-0.3, -0.25) is 0 Å². The average Bonchev–Trinajstić information content (AvgIpc) is 2.38. The van der Waals surface area contributed by atoms with Gasteiger partial charge in [-0.25, -0.2) is 4.79 Å². The molecule has 18 heavy (non-hydrogen) atoms. The molecular formula is C15H20O3. The summed E-state index contributed by atoms with van der Waals surface area (Å²) in [5.41, 5.74) is 1.65. The Morgan fingerprint density at radius 2 is 2.00 bits per heavy atom. The van der Waals surface area contributed by atoms with Crippen LogP contribution in [0.3, 0.4) is 0 Å². The number of aliphatic carboxylic acids is 1. The van der Waals surface area contributed by atoms with Crippen LogP contribution in [0.25, 0.3) is 0 Å². The minimum absolute atomic E-state index is 0.484. The second-order valence-electron chi connectivity index (χ2n) is 4.11. The second-order valence-corrected chi connectivity index (χ2v) is 4.11. The molecule has 0 saturated carbocycles. The third-order valence-electron chi connectivity index (χ3n) is 2.72. The number of unbranched alkanes of at least 4 members (excludes halogenated alkanes) is 1. The Morgan fingerprint density at radius 1 is 1.28 bits per heavy atom. The summed E-state index contributed by atoms with van der Waals surface area (Å²) in [6, 6.07) is 10.0. The highest BCUT2D eigenvalue weighted by Crippen LogP contribution is 2.08. The Bertz CT molecular complexity index is 382. The third-order valence-corrected chi connectivity index (χ3v) is 2.72. The molecule has 1 N–H and O–H groups in total. The maximum absolute atomic E-state index is 10.7. The van der Waals surface area contributed by atoms with Gasteiger partial charge in [0.25, 0.3) is 0 Å². The smallest absolute Gasteiger partial charge is 0.331 e. The third kappa shape index (κ3) is 5.64. The first kappa shape index (κ1) is 14.5. The Labute approximate surface area is 108 Å². The first-order valence-electron chi connectivity index (χ1n) is 6.24. The number of carboxylic acids is 1. The number of hydrogen-bond acceptors (Lipinski definition) is 2. The highest BCUT2D eigenvalue weighted by atomic mass is 16.5.